The molecule has 1 aromatic rings. The molecule has 5 heteroatoms. The number of nitrogens with two attached hydrogens (primary N) is 1. The molecule has 0 radical (unpaired) electrons. The highest BCUT2D eigenvalue weighted by atomic mass is 35.5. The Kier molecular flexibility index (Phi) is 6.03. The van der Waals surface area contributed by atoms with E-state index >= 15 is 0 Å². The van der Waals surface area contributed by atoms with Crippen LogP contribution in [0.3, 0.4) is 0 Å². The Labute approximate surface area is 131 Å². The molecule has 2 N–H and O–H groups in total. The van der Waals surface area contributed by atoms with Crippen molar-refractivity contribution in [2.24, 2.45) is 11.7 Å². The minimum atomic E-state index is -0.504. The summed E-state index contributed by atoms with van der Waals surface area (Å²) < 4.78 is 4.70. The van der Waals surface area contributed by atoms with Crippen LogP contribution < -0.4 is 5.73 Å². The van der Waals surface area contributed by atoms with E-state index < -0.39 is 6.04 Å². The molecule has 1 heterocycles. The highest BCUT2D eigenvalue weighted by Crippen LogP contribution is 2.22. The van der Waals surface area contributed by atoms with E-state index in [0.717, 1.165) is 37.5 Å². The first-order valence-corrected chi connectivity index (χ1v) is 7.76. The van der Waals surface area contributed by atoms with E-state index in [2.05, 4.69) is 17.0 Å². The van der Waals surface area contributed by atoms with Crippen molar-refractivity contribution in [3.8, 4) is 0 Å². The minimum Gasteiger partial charge on any atom is -0.468 e. The quantitative estimate of drug-likeness (QED) is 0.849. The molecule has 2 unspecified atom stereocenters. The van der Waals surface area contributed by atoms with Crippen molar-refractivity contribution >= 4 is 17.6 Å². The summed E-state index contributed by atoms with van der Waals surface area (Å²) in [5.41, 5.74) is 7.13. The van der Waals surface area contributed by atoms with E-state index in [1.165, 1.54) is 12.7 Å². The fourth-order valence-corrected chi connectivity index (χ4v) is 3.07. The molecular weight excluding hydrogens is 288 g/mol. The maximum atomic E-state index is 11.4. The largest absolute Gasteiger partial charge is 0.468 e. The van der Waals surface area contributed by atoms with E-state index in [4.69, 9.17) is 22.1 Å². The number of carbonyl (C=O) groups is 1. The van der Waals surface area contributed by atoms with Gasteiger partial charge in [0.2, 0.25) is 0 Å². The second-order valence-electron chi connectivity index (χ2n) is 5.74. The molecule has 0 bridgehead atoms. The van der Waals surface area contributed by atoms with Gasteiger partial charge in [-0.3, -0.25) is 9.69 Å². The number of rotatable bonds is 5. The van der Waals surface area contributed by atoms with Gasteiger partial charge in [0.25, 0.3) is 0 Å². The molecule has 1 aliphatic heterocycles. The summed E-state index contributed by atoms with van der Waals surface area (Å²) in [4.78, 5) is 13.8. The van der Waals surface area contributed by atoms with Crippen LogP contribution in [0.5, 0.6) is 0 Å². The normalized spacial score (nSPS) is 21.0. The molecule has 0 aliphatic carbocycles. The monoisotopic (exact) mass is 310 g/mol. The number of hydrogen-bond acceptors (Lipinski definition) is 4. The van der Waals surface area contributed by atoms with E-state index in [0.29, 0.717) is 12.3 Å². The zero-order chi connectivity index (χ0) is 15.2. The predicted octanol–water partition coefficient (Wildman–Crippen LogP) is 2.44. The molecule has 0 amide bonds. The summed E-state index contributed by atoms with van der Waals surface area (Å²) in [5.74, 6) is 0.143. The molecule has 1 saturated heterocycles. The fraction of sp³-hybridized carbons (Fsp3) is 0.562. The average Bonchev–Trinajstić information content (AvgIpc) is 2.49. The molecule has 1 fully saturated rings. The summed E-state index contributed by atoms with van der Waals surface area (Å²) in [5, 5.41) is 0.763. The SMILES string of the molecule is COC(=O)C(N)CC1CCCN(Cc2ccc(Cl)cc2)C1. The van der Waals surface area contributed by atoms with E-state index in [1.54, 1.807) is 0 Å². The van der Waals surface area contributed by atoms with Crippen LogP contribution in [0.15, 0.2) is 24.3 Å². The van der Waals surface area contributed by atoms with E-state index in [-0.39, 0.29) is 5.97 Å². The Morgan fingerprint density at radius 1 is 1.48 bits per heavy atom. The molecule has 2 atom stereocenters. The molecule has 4 nitrogen and oxygen atoms in total. The summed E-state index contributed by atoms with van der Waals surface area (Å²) in [6, 6.07) is 7.46. The molecule has 0 saturated carbocycles. The van der Waals surface area contributed by atoms with Crippen molar-refractivity contribution in [3.05, 3.63) is 34.9 Å². The number of methoxy groups -OCH3 is 1. The van der Waals surface area contributed by atoms with Gasteiger partial charge < -0.3 is 10.5 Å². The van der Waals surface area contributed by atoms with Gasteiger partial charge >= 0.3 is 5.97 Å². The smallest absolute Gasteiger partial charge is 0.322 e. The highest BCUT2D eigenvalue weighted by Gasteiger charge is 2.25. The zero-order valence-electron chi connectivity index (χ0n) is 12.4. The first-order chi connectivity index (χ1) is 10.1. The van der Waals surface area contributed by atoms with Crippen molar-refractivity contribution in [1.29, 1.82) is 0 Å². The standard InChI is InChI=1S/C16H23ClN2O2/c1-21-16(20)15(18)9-13-3-2-8-19(11-13)10-12-4-6-14(17)7-5-12/h4-7,13,15H,2-3,8-11,18H2,1H3. The first-order valence-electron chi connectivity index (χ1n) is 7.38. The molecule has 21 heavy (non-hydrogen) atoms. The lowest BCUT2D eigenvalue weighted by Gasteiger charge is -2.33. The van der Waals surface area contributed by atoms with E-state index in [1.807, 2.05) is 12.1 Å². The third kappa shape index (κ3) is 4.99. The highest BCUT2D eigenvalue weighted by molar-refractivity contribution is 6.30. The van der Waals surface area contributed by atoms with Gasteiger partial charge in [-0.1, -0.05) is 23.7 Å². The molecule has 116 valence electrons. The minimum absolute atomic E-state index is 0.315. The third-order valence-electron chi connectivity index (χ3n) is 4.01. The van der Waals surface area contributed by atoms with Crippen LogP contribution in [0, 0.1) is 5.92 Å². The van der Waals surface area contributed by atoms with Crippen molar-refractivity contribution in [1.82, 2.24) is 4.90 Å². The zero-order valence-corrected chi connectivity index (χ0v) is 13.2. The van der Waals surface area contributed by atoms with Gasteiger partial charge in [0, 0.05) is 18.1 Å². The number of halogens is 1. The molecule has 1 aromatic carbocycles. The second-order valence-corrected chi connectivity index (χ2v) is 6.17. The lowest BCUT2D eigenvalue weighted by atomic mass is 9.91. The second kappa shape index (κ2) is 7.78. The van der Waals surface area contributed by atoms with Crippen LogP contribution in [-0.4, -0.2) is 37.1 Å². The van der Waals surface area contributed by atoms with Crippen molar-refractivity contribution < 1.29 is 9.53 Å². The van der Waals surface area contributed by atoms with Gasteiger partial charge in [0.1, 0.15) is 6.04 Å². The van der Waals surface area contributed by atoms with Crippen LogP contribution in [0.2, 0.25) is 5.02 Å². The predicted molar refractivity (Wildman–Crippen MR) is 84.1 cm³/mol. The summed E-state index contributed by atoms with van der Waals surface area (Å²) >= 11 is 5.91. The third-order valence-corrected chi connectivity index (χ3v) is 4.27. The number of hydrogen-bond donors (Lipinski definition) is 1. The summed E-state index contributed by atoms with van der Waals surface area (Å²) in [7, 11) is 1.38. The Balaban J connectivity index is 1.85. The average molecular weight is 311 g/mol. The van der Waals surface area contributed by atoms with Crippen LogP contribution in [0.25, 0.3) is 0 Å². The fourth-order valence-electron chi connectivity index (χ4n) is 2.94. The molecule has 2 rings (SSSR count). The van der Waals surface area contributed by atoms with Gasteiger partial charge in [-0.25, -0.2) is 0 Å². The van der Waals surface area contributed by atoms with Gasteiger partial charge in [-0.15, -0.1) is 0 Å². The number of carbonyl (C=O) groups excluding carboxylic acids is 1. The Bertz CT molecular complexity index is 464. The maximum Gasteiger partial charge on any atom is 0.322 e. The van der Waals surface area contributed by atoms with Gasteiger partial charge in [-0.2, -0.15) is 0 Å². The number of ether oxygens (including phenoxy) is 1. The van der Waals surface area contributed by atoms with Gasteiger partial charge in [-0.05, 0) is 49.4 Å². The first kappa shape index (κ1) is 16.3. The van der Waals surface area contributed by atoms with Crippen LogP contribution in [-0.2, 0) is 16.1 Å². The van der Waals surface area contributed by atoms with Crippen molar-refractivity contribution in [2.45, 2.75) is 31.8 Å². The van der Waals surface area contributed by atoms with Crippen molar-refractivity contribution in [3.63, 3.8) is 0 Å². The van der Waals surface area contributed by atoms with Crippen LogP contribution >= 0.6 is 11.6 Å². The number of likely N-dealkylation sites (tertiary alicyclic amines) is 1. The number of esters is 1. The number of piperidine rings is 1. The van der Waals surface area contributed by atoms with Crippen LogP contribution in [0.1, 0.15) is 24.8 Å². The number of benzene rings is 1. The summed E-state index contributed by atoms with van der Waals surface area (Å²) in [6.07, 6.45) is 2.97. The lowest BCUT2D eigenvalue weighted by molar-refractivity contribution is -0.142. The Hall–Kier alpha value is -1.10. The molecular formula is C16H23ClN2O2. The molecule has 1 aliphatic rings. The van der Waals surface area contributed by atoms with Gasteiger partial charge in [0.05, 0.1) is 7.11 Å². The number of nitrogens with zero attached hydrogens (tertiary/aromatic N) is 1. The topological polar surface area (TPSA) is 55.6 Å². The molecule has 0 aromatic heterocycles. The summed E-state index contributed by atoms with van der Waals surface area (Å²) in [6.45, 7) is 2.99. The maximum absolute atomic E-state index is 11.4. The molecule has 0 spiro atoms. The van der Waals surface area contributed by atoms with Gasteiger partial charge in [0.15, 0.2) is 0 Å². The Morgan fingerprint density at radius 2 is 2.19 bits per heavy atom. The Morgan fingerprint density at radius 3 is 2.86 bits per heavy atom. The lowest BCUT2D eigenvalue weighted by Crippen LogP contribution is -2.40. The van der Waals surface area contributed by atoms with E-state index in [9.17, 15) is 4.79 Å². The van der Waals surface area contributed by atoms with Crippen molar-refractivity contribution in [2.75, 3.05) is 20.2 Å². The van der Waals surface area contributed by atoms with Crippen LogP contribution in [0.4, 0.5) is 0 Å².